The van der Waals surface area contributed by atoms with E-state index in [1.165, 1.54) is 0 Å². The highest BCUT2D eigenvalue weighted by molar-refractivity contribution is 5.77. The van der Waals surface area contributed by atoms with Crippen molar-refractivity contribution in [2.24, 2.45) is 5.92 Å². The van der Waals surface area contributed by atoms with Crippen molar-refractivity contribution < 1.29 is 4.79 Å². The summed E-state index contributed by atoms with van der Waals surface area (Å²) in [5.41, 5.74) is 7.36. The van der Waals surface area contributed by atoms with Gasteiger partial charge in [-0.25, -0.2) is 0 Å². The van der Waals surface area contributed by atoms with Crippen LogP contribution < -0.4 is 11.1 Å². The Morgan fingerprint density at radius 2 is 2.21 bits per heavy atom. The lowest BCUT2D eigenvalue weighted by Gasteiger charge is -2.07. The number of amides is 1. The molecular weight excluding hydrogens is 176 g/mol. The molecule has 0 aromatic heterocycles. The van der Waals surface area contributed by atoms with Crippen molar-refractivity contribution in [2.45, 2.75) is 20.4 Å². The summed E-state index contributed by atoms with van der Waals surface area (Å²) in [6.45, 7) is 4.28. The van der Waals surface area contributed by atoms with Crippen LogP contribution in [0.15, 0.2) is 24.3 Å². The normalized spacial score (nSPS) is 10.2. The molecule has 1 aromatic carbocycles. The lowest BCUT2D eigenvalue weighted by atomic mass is 10.1. The minimum absolute atomic E-state index is 0.0241. The fraction of sp³-hybridized carbons (Fsp3) is 0.364. The standard InChI is InChI=1S/C11H16N2O/c1-8(2)11(14)13-7-9-4-3-5-10(12)6-9/h3-6,8H,7,12H2,1-2H3,(H,13,14). The van der Waals surface area contributed by atoms with E-state index in [0.29, 0.717) is 6.54 Å². The fourth-order valence-corrected chi connectivity index (χ4v) is 1.10. The summed E-state index contributed by atoms with van der Waals surface area (Å²) in [6.07, 6.45) is 0. The Morgan fingerprint density at radius 3 is 2.79 bits per heavy atom. The quantitative estimate of drug-likeness (QED) is 0.714. The van der Waals surface area contributed by atoms with E-state index in [1.807, 2.05) is 38.1 Å². The molecule has 0 unspecified atom stereocenters. The molecule has 1 rings (SSSR count). The van der Waals surface area contributed by atoms with Gasteiger partial charge in [0.15, 0.2) is 0 Å². The third-order valence-corrected chi connectivity index (χ3v) is 1.94. The zero-order valence-corrected chi connectivity index (χ0v) is 8.58. The van der Waals surface area contributed by atoms with Gasteiger partial charge in [-0.1, -0.05) is 26.0 Å². The van der Waals surface area contributed by atoms with Gasteiger partial charge in [0.1, 0.15) is 0 Å². The predicted molar refractivity (Wildman–Crippen MR) is 57.5 cm³/mol. The fourth-order valence-electron chi connectivity index (χ4n) is 1.10. The SMILES string of the molecule is CC(C)C(=O)NCc1cccc(N)c1. The van der Waals surface area contributed by atoms with Crippen LogP contribution >= 0.6 is 0 Å². The average molecular weight is 192 g/mol. The highest BCUT2D eigenvalue weighted by Gasteiger charge is 2.05. The van der Waals surface area contributed by atoms with Gasteiger partial charge in [-0.15, -0.1) is 0 Å². The molecule has 1 aromatic rings. The van der Waals surface area contributed by atoms with E-state index >= 15 is 0 Å². The van der Waals surface area contributed by atoms with Crippen LogP contribution in [0.25, 0.3) is 0 Å². The van der Waals surface area contributed by atoms with E-state index in [0.717, 1.165) is 11.3 Å². The van der Waals surface area contributed by atoms with E-state index < -0.39 is 0 Å². The van der Waals surface area contributed by atoms with Crippen molar-refractivity contribution in [3.63, 3.8) is 0 Å². The van der Waals surface area contributed by atoms with E-state index in [1.54, 1.807) is 0 Å². The molecule has 0 bridgehead atoms. The Balaban J connectivity index is 2.50. The van der Waals surface area contributed by atoms with Crippen LogP contribution in [-0.2, 0) is 11.3 Å². The maximum absolute atomic E-state index is 11.3. The summed E-state index contributed by atoms with van der Waals surface area (Å²) in [7, 11) is 0. The maximum atomic E-state index is 11.3. The van der Waals surface area contributed by atoms with Crippen molar-refractivity contribution in [1.29, 1.82) is 0 Å². The number of hydrogen-bond donors (Lipinski definition) is 2. The van der Waals surface area contributed by atoms with Crippen LogP contribution in [0, 0.1) is 5.92 Å². The lowest BCUT2D eigenvalue weighted by molar-refractivity contribution is -0.124. The lowest BCUT2D eigenvalue weighted by Crippen LogP contribution is -2.27. The Kier molecular flexibility index (Phi) is 3.51. The van der Waals surface area contributed by atoms with Gasteiger partial charge in [0, 0.05) is 18.2 Å². The van der Waals surface area contributed by atoms with Gasteiger partial charge in [0.2, 0.25) is 5.91 Å². The molecule has 0 atom stereocenters. The van der Waals surface area contributed by atoms with Crippen molar-refractivity contribution in [1.82, 2.24) is 5.32 Å². The number of benzene rings is 1. The highest BCUT2D eigenvalue weighted by atomic mass is 16.1. The molecule has 1 amide bonds. The number of carbonyl (C=O) groups is 1. The number of carbonyl (C=O) groups excluding carboxylic acids is 1. The topological polar surface area (TPSA) is 55.1 Å². The second-order valence-electron chi connectivity index (χ2n) is 3.62. The van der Waals surface area contributed by atoms with Crippen LogP contribution in [-0.4, -0.2) is 5.91 Å². The first-order valence-corrected chi connectivity index (χ1v) is 4.71. The first-order valence-electron chi connectivity index (χ1n) is 4.71. The summed E-state index contributed by atoms with van der Waals surface area (Å²) in [5.74, 6) is 0.0866. The van der Waals surface area contributed by atoms with E-state index in [-0.39, 0.29) is 11.8 Å². The zero-order valence-electron chi connectivity index (χ0n) is 8.58. The molecule has 0 aliphatic carbocycles. The van der Waals surface area contributed by atoms with Crippen molar-refractivity contribution >= 4 is 11.6 Å². The van der Waals surface area contributed by atoms with Gasteiger partial charge >= 0.3 is 0 Å². The number of anilines is 1. The average Bonchev–Trinajstić information content (AvgIpc) is 2.14. The minimum Gasteiger partial charge on any atom is -0.399 e. The second-order valence-corrected chi connectivity index (χ2v) is 3.62. The number of nitrogens with two attached hydrogens (primary N) is 1. The monoisotopic (exact) mass is 192 g/mol. The predicted octanol–water partition coefficient (Wildman–Crippen LogP) is 1.54. The van der Waals surface area contributed by atoms with Gasteiger partial charge in [0.05, 0.1) is 0 Å². The summed E-state index contributed by atoms with van der Waals surface area (Å²) in [5, 5.41) is 2.83. The smallest absolute Gasteiger partial charge is 0.222 e. The molecule has 0 fully saturated rings. The minimum atomic E-state index is 0.0241. The highest BCUT2D eigenvalue weighted by Crippen LogP contribution is 2.06. The summed E-state index contributed by atoms with van der Waals surface area (Å²) in [4.78, 5) is 11.3. The van der Waals surface area contributed by atoms with Gasteiger partial charge in [-0.05, 0) is 17.7 Å². The van der Waals surface area contributed by atoms with Crippen LogP contribution in [0.4, 0.5) is 5.69 Å². The van der Waals surface area contributed by atoms with E-state index in [9.17, 15) is 4.79 Å². The van der Waals surface area contributed by atoms with Gasteiger partial charge < -0.3 is 11.1 Å². The van der Waals surface area contributed by atoms with Crippen molar-refractivity contribution in [3.8, 4) is 0 Å². The van der Waals surface area contributed by atoms with Crippen LogP contribution in [0.5, 0.6) is 0 Å². The first-order chi connectivity index (χ1) is 6.59. The number of nitrogen functional groups attached to an aromatic ring is 1. The summed E-state index contributed by atoms with van der Waals surface area (Å²) >= 11 is 0. The molecule has 14 heavy (non-hydrogen) atoms. The van der Waals surface area contributed by atoms with Gasteiger partial charge in [-0.3, -0.25) is 4.79 Å². The Labute approximate surface area is 84.3 Å². The van der Waals surface area contributed by atoms with Crippen molar-refractivity contribution in [2.75, 3.05) is 5.73 Å². The summed E-state index contributed by atoms with van der Waals surface area (Å²) in [6, 6.07) is 7.51. The van der Waals surface area contributed by atoms with E-state index in [4.69, 9.17) is 5.73 Å². The zero-order chi connectivity index (χ0) is 10.6. The molecule has 0 spiro atoms. The number of rotatable bonds is 3. The third-order valence-electron chi connectivity index (χ3n) is 1.94. The first kappa shape index (κ1) is 10.6. The second kappa shape index (κ2) is 4.65. The Hall–Kier alpha value is -1.51. The molecule has 76 valence electrons. The maximum Gasteiger partial charge on any atom is 0.222 e. The summed E-state index contributed by atoms with van der Waals surface area (Å²) < 4.78 is 0. The number of nitrogens with one attached hydrogen (secondary N) is 1. The number of hydrogen-bond acceptors (Lipinski definition) is 2. The third kappa shape index (κ3) is 3.09. The largest absolute Gasteiger partial charge is 0.399 e. The van der Waals surface area contributed by atoms with Crippen molar-refractivity contribution in [3.05, 3.63) is 29.8 Å². The van der Waals surface area contributed by atoms with Crippen LogP contribution in [0.1, 0.15) is 19.4 Å². The molecule has 0 heterocycles. The van der Waals surface area contributed by atoms with E-state index in [2.05, 4.69) is 5.32 Å². The molecule has 3 heteroatoms. The molecule has 0 saturated carbocycles. The molecule has 3 nitrogen and oxygen atoms in total. The van der Waals surface area contributed by atoms with Crippen LogP contribution in [0.3, 0.4) is 0 Å². The van der Waals surface area contributed by atoms with Crippen LogP contribution in [0.2, 0.25) is 0 Å². The Bertz CT molecular complexity index is 321. The van der Waals surface area contributed by atoms with Gasteiger partial charge in [-0.2, -0.15) is 0 Å². The van der Waals surface area contributed by atoms with Gasteiger partial charge in [0.25, 0.3) is 0 Å². The molecule has 3 N–H and O–H groups in total. The Morgan fingerprint density at radius 1 is 1.50 bits per heavy atom. The molecule has 0 saturated heterocycles. The molecule has 0 radical (unpaired) electrons. The molecule has 0 aliphatic heterocycles. The molecular formula is C11H16N2O. The molecule has 0 aliphatic rings.